The van der Waals surface area contributed by atoms with Crippen molar-refractivity contribution in [3.8, 4) is 0 Å². The number of nitrogens with one attached hydrogen (secondary N) is 1. The molecule has 0 spiro atoms. The van der Waals surface area contributed by atoms with Crippen LogP contribution >= 0.6 is 0 Å². The van der Waals surface area contributed by atoms with Gasteiger partial charge in [-0.25, -0.2) is 0 Å². The van der Waals surface area contributed by atoms with Crippen molar-refractivity contribution < 1.29 is 15.0 Å². The molecule has 0 aromatic rings. The molecule has 276 valence electrons. The summed E-state index contributed by atoms with van der Waals surface area (Å²) in [5, 5.41) is 23.0. The minimum absolute atomic E-state index is 0.0380. The summed E-state index contributed by atoms with van der Waals surface area (Å²) in [7, 11) is 0. The van der Waals surface area contributed by atoms with Gasteiger partial charge in [-0.15, -0.1) is 0 Å². The Kier molecular flexibility index (Phi) is 37.9. The number of rotatable bonds is 37. The standard InChI is InChI=1S/C43H81NO3/c1-3-5-7-9-11-13-15-16-17-18-19-20-21-22-23-24-25-26-27-28-29-31-33-35-37-39-43(47)44-41(40-45)42(46)38-36-34-32-30-14-12-10-8-6-4-2/h15-16,18-19,21-22,41-42,45-46H,3-14,17,20,23-40H2,1-2H3,(H,44,47)/b16-15-,19-18-,22-21-. The highest BCUT2D eigenvalue weighted by atomic mass is 16.3. The third kappa shape index (κ3) is 35.7. The Labute approximate surface area is 293 Å². The summed E-state index contributed by atoms with van der Waals surface area (Å²) in [6.45, 7) is 4.33. The van der Waals surface area contributed by atoms with Crippen LogP contribution in [0.2, 0.25) is 0 Å². The SMILES string of the molecule is CCCCCCC/C=C\C/C=C\C/C=C\CCCCCCCCCCCCC(=O)NC(CO)C(O)CCCCCCCCCCCC. The Balaban J connectivity index is 3.52. The number of aliphatic hydroxyl groups excluding tert-OH is 2. The van der Waals surface area contributed by atoms with Gasteiger partial charge >= 0.3 is 0 Å². The fraction of sp³-hybridized carbons (Fsp3) is 0.837. The molecule has 0 aliphatic rings. The number of unbranched alkanes of at least 4 members (excludes halogenated alkanes) is 24. The second kappa shape index (κ2) is 39.1. The molecule has 0 bridgehead atoms. The molecule has 47 heavy (non-hydrogen) atoms. The molecule has 0 aromatic heterocycles. The van der Waals surface area contributed by atoms with Crippen LogP contribution in [0.1, 0.15) is 213 Å². The highest BCUT2D eigenvalue weighted by Gasteiger charge is 2.19. The number of carbonyl (C=O) groups is 1. The zero-order chi connectivity index (χ0) is 34.3. The second-order valence-electron chi connectivity index (χ2n) is 14.1. The van der Waals surface area contributed by atoms with E-state index in [9.17, 15) is 15.0 Å². The first-order valence-corrected chi connectivity index (χ1v) is 20.7. The molecule has 0 aliphatic carbocycles. The van der Waals surface area contributed by atoms with Crippen LogP contribution in [0.5, 0.6) is 0 Å². The summed E-state index contributed by atoms with van der Waals surface area (Å²) in [4.78, 5) is 12.3. The van der Waals surface area contributed by atoms with Crippen LogP contribution in [0.15, 0.2) is 36.5 Å². The molecule has 0 saturated carbocycles. The molecule has 0 saturated heterocycles. The van der Waals surface area contributed by atoms with E-state index in [4.69, 9.17) is 0 Å². The van der Waals surface area contributed by atoms with Gasteiger partial charge in [0.25, 0.3) is 0 Å². The Morgan fingerprint density at radius 1 is 0.511 bits per heavy atom. The zero-order valence-electron chi connectivity index (χ0n) is 31.5. The lowest BCUT2D eigenvalue weighted by molar-refractivity contribution is -0.123. The van der Waals surface area contributed by atoms with Crippen LogP contribution in [0.25, 0.3) is 0 Å². The molecule has 1 amide bonds. The number of amides is 1. The lowest BCUT2D eigenvalue weighted by atomic mass is 10.0. The molecule has 0 rings (SSSR count). The predicted octanol–water partition coefficient (Wildman–Crippen LogP) is 12.6. The Hall–Kier alpha value is -1.39. The van der Waals surface area contributed by atoms with Crippen molar-refractivity contribution in [2.75, 3.05) is 6.61 Å². The summed E-state index contributed by atoms with van der Waals surface area (Å²) >= 11 is 0. The molecule has 2 unspecified atom stereocenters. The minimum atomic E-state index is -0.658. The molecular weight excluding hydrogens is 578 g/mol. The van der Waals surface area contributed by atoms with Crippen molar-refractivity contribution in [1.29, 1.82) is 0 Å². The van der Waals surface area contributed by atoms with E-state index in [0.717, 1.165) is 38.5 Å². The number of hydrogen-bond acceptors (Lipinski definition) is 3. The van der Waals surface area contributed by atoms with Gasteiger partial charge in [-0.3, -0.25) is 4.79 Å². The fourth-order valence-electron chi connectivity index (χ4n) is 6.19. The predicted molar refractivity (Wildman–Crippen MR) is 207 cm³/mol. The largest absolute Gasteiger partial charge is 0.394 e. The number of hydrogen-bond donors (Lipinski definition) is 3. The van der Waals surface area contributed by atoms with E-state index in [1.54, 1.807) is 0 Å². The van der Waals surface area contributed by atoms with E-state index in [2.05, 4.69) is 55.6 Å². The van der Waals surface area contributed by atoms with Crippen LogP contribution in [-0.4, -0.2) is 34.9 Å². The summed E-state index contributed by atoms with van der Waals surface area (Å²) in [5.41, 5.74) is 0. The third-order valence-electron chi connectivity index (χ3n) is 9.40. The number of carbonyl (C=O) groups excluding carboxylic acids is 1. The first-order valence-electron chi connectivity index (χ1n) is 20.7. The molecule has 3 N–H and O–H groups in total. The van der Waals surface area contributed by atoms with Gasteiger partial charge < -0.3 is 15.5 Å². The second-order valence-corrected chi connectivity index (χ2v) is 14.1. The van der Waals surface area contributed by atoms with Gasteiger partial charge in [0.05, 0.1) is 18.8 Å². The van der Waals surface area contributed by atoms with Crippen molar-refractivity contribution in [2.24, 2.45) is 0 Å². The Bertz CT molecular complexity index is 716. The van der Waals surface area contributed by atoms with Crippen molar-refractivity contribution in [1.82, 2.24) is 5.32 Å². The minimum Gasteiger partial charge on any atom is -0.394 e. The lowest BCUT2D eigenvalue weighted by Crippen LogP contribution is -2.45. The van der Waals surface area contributed by atoms with Gasteiger partial charge in [-0.2, -0.15) is 0 Å². The molecule has 0 radical (unpaired) electrons. The molecule has 0 fully saturated rings. The van der Waals surface area contributed by atoms with Crippen LogP contribution in [0, 0.1) is 0 Å². The van der Waals surface area contributed by atoms with E-state index in [-0.39, 0.29) is 12.5 Å². The van der Waals surface area contributed by atoms with Gasteiger partial charge in [-0.1, -0.05) is 192 Å². The highest BCUT2D eigenvalue weighted by Crippen LogP contribution is 2.15. The maximum Gasteiger partial charge on any atom is 0.220 e. The van der Waals surface area contributed by atoms with Crippen LogP contribution in [-0.2, 0) is 4.79 Å². The third-order valence-corrected chi connectivity index (χ3v) is 9.40. The van der Waals surface area contributed by atoms with Gasteiger partial charge in [0.2, 0.25) is 5.91 Å². The maximum absolute atomic E-state index is 12.3. The summed E-state index contributed by atoms with van der Waals surface area (Å²) in [5.74, 6) is -0.0380. The van der Waals surface area contributed by atoms with Gasteiger partial charge in [-0.05, 0) is 51.4 Å². The summed E-state index contributed by atoms with van der Waals surface area (Å²) < 4.78 is 0. The molecule has 0 heterocycles. The van der Waals surface area contributed by atoms with E-state index >= 15 is 0 Å². The monoisotopic (exact) mass is 660 g/mol. The van der Waals surface area contributed by atoms with Crippen LogP contribution in [0.4, 0.5) is 0 Å². The quantitative estimate of drug-likeness (QED) is 0.0459. The Morgan fingerprint density at radius 3 is 1.30 bits per heavy atom. The van der Waals surface area contributed by atoms with E-state index in [1.807, 2.05) is 0 Å². The average molecular weight is 660 g/mol. The van der Waals surface area contributed by atoms with Gasteiger partial charge in [0.15, 0.2) is 0 Å². The van der Waals surface area contributed by atoms with Crippen molar-refractivity contribution in [2.45, 2.75) is 225 Å². The van der Waals surface area contributed by atoms with Crippen LogP contribution in [0.3, 0.4) is 0 Å². The van der Waals surface area contributed by atoms with E-state index in [1.165, 1.54) is 148 Å². The molecule has 4 nitrogen and oxygen atoms in total. The average Bonchev–Trinajstić information content (AvgIpc) is 3.07. The maximum atomic E-state index is 12.3. The Morgan fingerprint density at radius 2 is 0.872 bits per heavy atom. The zero-order valence-corrected chi connectivity index (χ0v) is 31.5. The first-order chi connectivity index (χ1) is 23.2. The molecular formula is C43H81NO3. The number of allylic oxidation sites excluding steroid dienone is 6. The van der Waals surface area contributed by atoms with Gasteiger partial charge in [0.1, 0.15) is 0 Å². The topological polar surface area (TPSA) is 69.6 Å². The van der Waals surface area contributed by atoms with E-state index in [0.29, 0.717) is 12.8 Å². The smallest absolute Gasteiger partial charge is 0.220 e. The first kappa shape index (κ1) is 45.6. The summed E-state index contributed by atoms with van der Waals surface area (Å²) in [6.07, 6.45) is 50.7. The molecule has 2 atom stereocenters. The highest BCUT2D eigenvalue weighted by molar-refractivity contribution is 5.76. The fourth-order valence-corrected chi connectivity index (χ4v) is 6.19. The molecule has 4 heteroatoms. The normalized spacial score (nSPS) is 13.4. The summed E-state index contributed by atoms with van der Waals surface area (Å²) in [6, 6.07) is -0.536. The number of aliphatic hydroxyl groups is 2. The van der Waals surface area contributed by atoms with Crippen molar-refractivity contribution in [3.63, 3.8) is 0 Å². The lowest BCUT2D eigenvalue weighted by Gasteiger charge is -2.22. The molecule has 0 aromatic carbocycles. The van der Waals surface area contributed by atoms with Gasteiger partial charge in [0, 0.05) is 6.42 Å². The van der Waals surface area contributed by atoms with Crippen molar-refractivity contribution >= 4 is 5.91 Å². The molecule has 0 aliphatic heterocycles. The van der Waals surface area contributed by atoms with Crippen LogP contribution < -0.4 is 5.32 Å². The van der Waals surface area contributed by atoms with E-state index < -0.39 is 12.1 Å². The van der Waals surface area contributed by atoms with Crippen molar-refractivity contribution in [3.05, 3.63) is 36.5 Å².